The number of hydrogen-bond acceptors (Lipinski definition) is 2. The second kappa shape index (κ2) is 9.73. The molecule has 0 aromatic heterocycles. The van der Waals surface area contributed by atoms with Gasteiger partial charge in [0.05, 0.1) is 0 Å². The number of halogens is 5. The Morgan fingerprint density at radius 1 is 0.706 bits per heavy atom. The number of likely N-dealkylation sites (tertiary alicyclic amines) is 1. The lowest BCUT2D eigenvalue weighted by Crippen LogP contribution is -2.37. The Morgan fingerprint density at radius 3 is 1.79 bits per heavy atom. The molecule has 0 saturated carbocycles. The van der Waals surface area contributed by atoms with Gasteiger partial charge in [-0.2, -0.15) is 0 Å². The summed E-state index contributed by atoms with van der Waals surface area (Å²) in [6, 6.07) is 11.4. The van der Waals surface area contributed by atoms with Gasteiger partial charge in [-0.1, -0.05) is 18.2 Å². The molecule has 34 heavy (non-hydrogen) atoms. The molecular weight excluding hydrogens is 449 g/mol. The molecule has 1 heterocycles. The molecule has 3 aromatic rings. The normalized spacial score (nSPS) is 17.1. The summed E-state index contributed by atoms with van der Waals surface area (Å²) in [5.74, 6) is -4.60. The zero-order valence-electron chi connectivity index (χ0n) is 18.2. The largest absolute Gasteiger partial charge is 0.290 e. The first-order chi connectivity index (χ1) is 16.2. The summed E-state index contributed by atoms with van der Waals surface area (Å²) in [5, 5.41) is 0. The van der Waals surface area contributed by atoms with Gasteiger partial charge < -0.3 is 0 Å². The van der Waals surface area contributed by atoms with Crippen LogP contribution in [0.4, 0.5) is 22.0 Å². The van der Waals surface area contributed by atoms with Gasteiger partial charge in [0.25, 0.3) is 0 Å². The minimum Gasteiger partial charge on any atom is -0.290 e. The van der Waals surface area contributed by atoms with Gasteiger partial charge in [-0.3, -0.25) is 9.69 Å². The minimum absolute atomic E-state index is 0.163. The van der Waals surface area contributed by atoms with Crippen molar-refractivity contribution in [2.24, 2.45) is 0 Å². The fourth-order valence-corrected chi connectivity index (χ4v) is 3.88. The molecule has 0 unspecified atom stereocenters. The van der Waals surface area contributed by atoms with Gasteiger partial charge in [-0.25, -0.2) is 22.0 Å². The lowest BCUT2D eigenvalue weighted by atomic mass is 9.93. The van der Waals surface area contributed by atoms with Gasteiger partial charge >= 0.3 is 0 Å². The van der Waals surface area contributed by atoms with Gasteiger partial charge in [-0.05, 0) is 77.7 Å². The molecule has 0 N–H and O–H groups in total. The van der Waals surface area contributed by atoms with E-state index in [-0.39, 0.29) is 31.2 Å². The van der Waals surface area contributed by atoms with E-state index in [4.69, 9.17) is 0 Å². The predicted molar refractivity (Wildman–Crippen MR) is 120 cm³/mol. The van der Waals surface area contributed by atoms with E-state index in [9.17, 15) is 26.7 Å². The standard InChI is InChI=1S/C27H20F5NO/c1-16-8-17(2-5-22(16)28)9-20-14-33(13-19-4-7-24(30)26(32)12-19)15-21(27(20)34)10-18-3-6-23(29)25(31)11-18/h2-12H,13-15H2,1H3/b20-9+,21-10+. The number of ketones is 1. The van der Waals surface area contributed by atoms with Gasteiger partial charge in [0, 0.05) is 30.8 Å². The van der Waals surface area contributed by atoms with Crippen LogP contribution in [0.15, 0.2) is 65.7 Å². The third-order valence-electron chi connectivity index (χ3n) is 5.57. The highest BCUT2D eigenvalue weighted by molar-refractivity contribution is 6.14. The third kappa shape index (κ3) is 5.31. The summed E-state index contributed by atoms with van der Waals surface area (Å²) >= 11 is 0. The molecule has 7 heteroatoms. The van der Waals surface area contributed by atoms with Crippen LogP contribution in [-0.4, -0.2) is 23.8 Å². The second-order valence-corrected chi connectivity index (χ2v) is 8.24. The maximum Gasteiger partial charge on any atom is 0.187 e. The number of aryl methyl sites for hydroxylation is 1. The Labute approximate surface area is 193 Å². The topological polar surface area (TPSA) is 20.3 Å². The number of nitrogens with zero attached hydrogens (tertiary/aromatic N) is 1. The monoisotopic (exact) mass is 469 g/mol. The highest BCUT2D eigenvalue weighted by Crippen LogP contribution is 2.25. The van der Waals surface area contributed by atoms with Crippen LogP contribution < -0.4 is 0 Å². The van der Waals surface area contributed by atoms with Crippen LogP contribution >= 0.6 is 0 Å². The summed E-state index contributed by atoms with van der Waals surface area (Å²) in [6.07, 6.45) is 3.12. The molecule has 0 amide bonds. The van der Waals surface area contributed by atoms with Crippen molar-refractivity contribution in [3.63, 3.8) is 0 Å². The summed E-state index contributed by atoms with van der Waals surface area (Å²) in [6.45, 7) is 2.21. The minimum atomic E-state index is -1.03. The molecule has 0 radical (unpaired) electrons. The van der Waals surface area contributed by atoms with Crippen molar-refractivity contribution in [1.82, 2.24) is 4.90 Å². The van der Waals surface area contributed by atoms with Gasteiger partial charge in [0.15, 0.2) is 29.1 Å². The van der Waals surface area contributed by atoms with Crippen molar-refractivity contribution in [2.45, 2.75) is 13.5 Å². The molecular formula is C27H20F5NO. The smallest absolute Gasteiger partial charge is 0.187 e. The third-order valence-corrected chi connectivity index (χ3v) is 5.57. The molecule has 0 aliphatic carbocycles. The Hall–Kier alpha value is -3.58. The van der Waals surface area contributed by atoms with E-state index in [1.54, 1.807) is 25.1 Å². The first-order valence-corrected chi connectivity index (χ1v) is 10.5. The highest BCUT2D eigenvalue weighted by Gasteiger charge is 2.26. The molecule has 0 spiro atoms. The van der Waals surface area contributed by atoms with E-state index >= 15 is 0 Å². The molecule has 3 aromatic carbocycles. The van der Waals surface area contributed by atoms with E-state index < -0.39 is 23.3 Å². The molecule has 0 atom stereocenters. The zero-order valence-corrected chi connectivity index (χ0v) is 18.2. The SMILES string of the molecule is Cc1cc(/C=C2\CN(Cc3ccc(F)c(F)c3)C/C(=C\c3ccc(F)c(F)c3)C2=O)ccc1F. The number of carbonyl (C=O) groups excluding carboxylic acids is 1. The van der Waals surface area contributed by atoms with Gasteiger partial charge in [0.1, 0.15) is 5.82 Å². The second-order valence-electron chi connectivity index (χ2n) is 8.24. The van der Waals surface area contributed by atoms with E-state index in [0.717, 1.165) is 24.3 Å². The maximum absolute atomic E-state index is 13.7. The van der Waals surface area contributed by atoms with Crippen molar-refractivity contribution in [3.05, 3.63) is 117 Å². The van der Waals surface area contributed by atoms with E-state index in [2.05, 4.69) is 0 Å². The van der Waals surface area contributed by atoms with Gasteiger partial charge in [0.2, 0.25) is 0 Å². The average Bonchev–Trinajstić information content (AvgIpc) is 2.79. The molecule has 2 nitrogen and oxygen atoms in total. The van der Waals surface area contributed by atoms with E-state index in [1.165, 1.54) is 24.3 Å². The van der Waals surface area contributed by atoms with Crippen LogP contribution in [0.25, 0.3) is 12.2 Å². The first kappa shape index (κ1) is 23.6. The molecule has 1 aliphatic heterocycles. The first-order valence-electron chi connectivity index (χ1n) is 10.5. The van der Waals surface area contributed by atoms with Crippen molar-refractivity contribution < 1.29 is 26.7 Å². The fraction of sp³-hybridized carbons (Fsp3) is 0.148. The molecule has 0 bridgehead atoms. The van der Waals surface area contributed by atoms with Crippen LogP contribution in [0.1, 0.15) is 22.3 Å². The summed E-state index contributed by atoms with van der Waals surface area (Å²) in [4.78, 5) is 15.1. The highest BCUT2D eigenvalue weighted by atomic mass is 19.2. The number of hydrogen-bond donors (Lipinski definition) is 0. The number of Topliss-reactive ketones (excluding diaryl/α,β-unsaturated/α-hetero) is 1. The van der Waals surface area contributed by atoms with Gasteiger partial charge in [-0.15, -0.1) is 0 Å². The zero-order chi connectivity index (χ0) is 24.4. The van der Waals surface area contributed by atoms with Crippen molar-refractivity contribution in [1.29, 1.82) is 0 Å². The molecule has 1 aliphatic rings. The summed E-state index contributed by atoms with van der Waals surface area (Å²) < 4.78 is 67.7. The maximum atomic E-state index is 13.7. The van der Waals surface area contributed by atoms with Crippen LogP contribution in [0, 0.1) is 36.0 Å². The quantitative estimate of drug-likeness (QED) is 0.333. The Kier molecular flexibility index (Phi) is 6.75. The molecule has 4 rings (SSSR count). The van der Waals surface area contributed by atoms with Crippen molar-refractivity contribution in [3.8, 4) is 0 Å². The van der Waals surface area contributed by atoms with E-state index in [1.807, 2.05) is 4.90 Å². The lowest BCUT2D eigenvalue weighted by Gasteiger charge is -2.30. The Bertz CT molecular complexity index is 1260. The summed E-state index contributed by atoms with van der Waals surface area (Å²) in [7, 11) is 0. The van der Waals surface area contributed by atoms with Crippen LogP contribution in [0.2, 0.25) is 0 Å². The van der Waals surface area contributed by atoms with Crippen molar-refractivity contribution >= 4 is 17.9 Å². The predicted octanol–water partition coefficient (Wildman–Crippen LogP) is 6.24. The molecule has 1 saturated heterocycles. The Balaban J connectivity index is 1.71. The number of piperidine rings is 1. The van der Waals surface area contributed by atoms with Crippen LogP contribution in [0.5, 0.6) is 0 Å². The number of benzene rings is 3. The number of rotatable bonds is 4. The molecule has 1 fully saturated rings. The van der Waals surface area contributed by atoms with Crippen LogP contribution in [-0.2, 0) is 11.3 Å². The van der Waals surface area contributed by atoms with Crippen molar-refractivity contribution in [2.75, 3.05) is 13.1 Å². The fourth-order valence-electron chi connectivity index (χ4n) is 3.88. The van der Waals surface area contributed by atoms with Crippen LogP contribution in [0.3, 0.4) is 0 Å². The number of carbonyl (C=O) groups is 1. The Morgan fingerprint density at radius 2 is 1.24 bits per heavy atom. The summed E-state index contributed by atoms with van der Waals surface area (Å²) in [5.41, 5.74) is 2.60. The average molecular weight is 469 g/mol. The van der Waals surface area contributed by atoms with E-state index in [0.29, 0.717) is 33.4 Å². The lowest BCUT2D eigenvalue weighted by molar-refractivity contribution is -0.113. The molecule has 174 valence electrons.